The number of halogens is 1. The first-order valence-corrected chi connectivity index (χ1v) is 9.31. The predicted molar refractivity (Wildman–Crippen MR) is 112 cm³/mol. The van der Waals surface area contributed by atoms with E-state index in [2.05, 4.69) is 31.6 Å². The second-order valence-corrected chi connectivity index (χ2v) is 7.06. The van der Waals surface area contributed by atoms with Crippen molar-refractivity contribution in [1.82, 2.24) is 15.2 Å². The molecular weight excluding hydrogens is 476 g/mol. The van der Waals surface area contributed by atoms with Gasteiger partial charge in [0.2, 0.25) is 5.69 Å². The van der Waals surface area contributed by atoms with E-state index in [1.54, 1.807) is 24.3 Å². The van der Waals surface area contributed by atoms with Crippen molar-refractivity contribution in [3.63, 3.8) is 0 Å². The molecule has 0 unspecified atom stereocenters. The average Bonchev–Trinajstić information content (AvgIpc) is 3.15. The van der Waals surface area contributed by atoms with Gasteiger partial charge in [-0.15, -0.1) is 0 Å². The number of phenols is 1. The smallest absolute Gasteiger partial charge is 0.320 e. The quantitative estimate of drug-likeness (QED) is 0.292. The molecule has 0 bridgehead atoms. The summed E-state index contributed by atoms with van der Waals surface area (Å²) >= 11 is 3.31. The van der Waals surface area contributed by atoms with Gasteiger partial charge in [-0.1, -0.05) is 28.1 Å². The molecule has 0 spiro atoms. The van der Waals surface area contributed by atoms with Gasteiger partial charge in [-0.2, -0.15) is 10.2 Å². The van der Waals surface area contributed by atoms with Gasteiger partial charge in [-0.3, -0.25) is 29.7 Å². The van der Waals surface area contributed by atoms with Crippen LogP contribution >= 0.6 is 15.9 Å². The maximum Gasteiger partial charge on any atom is 0.320 e. The highest BCUT2D eigenvalue weighted by Gasteiger charge is 2.25. The molecule has 3 aromatic rings. The van der Waals surface area contributed by atoms with Crippen molar-refractivity contribution in [3.8, 4) is 5.75 Å². The minimum Gasteiger partial charge on any atom is -0.507 e. The molecule has 0 aliphatic heterocycles. The normalized spacial score (nSPS) is 10.9. The molecule has 158 valence electrons. The lowest BCUT2D eigenvalue weighted by Crippen LogP contribution is -2.19. The lowest BCUT2D eigenvalue weighted by Gasteiger charge is -2.01. The Morgan fingerprint density at radius 2 is 1.90 bits per heavy atom. The molecule has 0 radical (unpaired) electrons. The zero-order valence-electron chi connectivity index (χ0n) is 15.5. The Morgan fingerprint density at radius 1 is 1.19 bits per heavy atom. The third-order valence-electron chi connectivity index (χ3n) is 4.00. The zero-order valence-corrected chi connectivity index (χ0v) is 17.1. The number of nitrogens with zero attached hydrogens (tertiary/aromatic N) is 5. The van der Waals surface area contributed by atoms with Crippen LogP contribution in [0.3, 0.4) is 0 Å². The number of nitro benzene ring substituents is 1. The molecule has 0 saturated carbocycles. The molecule has 0 aliphatic rings. The monoisotopic (exact) mass is 488 g/mol. The number of non-ortho nitro benzene ring substituents is 1. The van der Waals surface area contributed by atoms with Gasteiger partial charge in [0.25, 0.3) is 11.6 Å². The number of phenolic OH excluding ortho intramolecular Hbond substituents is 1. The Hall–Kier alpha value is -4.13. The first-order chi connectivity index (χ1) is 14.7. The van der Waals surface area contributed by atoms with Crippen LogP contribution in [-0.2, 0) is 6.54 Å². The lowest BCUT2D eigenvalue weighted by atomic mass is 10.2. The number of benzene rings is 2. The van der Waals surface area contributed by atoms with Crippen LogP contribution in [0.25, 0.3) is 0 Å². The van der Waals surface area contributed by atoms with Crippen molar-refractivity contribution in [2.75, 3.05) is 0 Å². The molecule has 1 amide bonds. The molecule has 1 aromatic heterocycles. The van der Waals surface area contributed by atoms with Crippen molar-refractivity contribution in [1.29, 1.82) is 0 Å². The minimum absolute atomic E-state index is 0.0234. The van der Waals surface area contributed by atoms with E-state index in [0.29, 0.717) is 0 Å². The largest absolute Gasteiger partial charge is 0.507 e. The average molecular weight is 489 g/mol. The summed E-state index contributed by atoms with van der Waals surface area (Å²) < 4.78 is 2.13. The van der Waals surface area contributed by atoms with Gasteiger partial charge in [0, 0.05) is 22.2 Å². The maximum absolute atomic E-state index is 12.3. The third-order valence-corrected chi connectivity index (χ3v) is 4.53. The van der Waals surface area contributed by atoms with E-state index in [1.165, 1.54) is 4.68 Å². The topological polar surface area (TPSA) is 166 Å². The second kappa shape index (κ2) is 9.13. The van der Waals surface area contributed by atoms with E-state index in [-0.39, 0.29) is 23.5 Å². The summed E-state index contributed by atoms with van der Waals surface area (Å²) in [5.74, 6) is -1.25. The summed E-state index contributed by atoms with van der Waals surface area (Å²) in [7, 11) is 0. The van der Waals surface area contributed by atoms with E-state index in [0.717, 1.165) is 40.6 Å². The number of aromatic hydroxyl groups is 1. The lowest BCUT2D eigenvalue weighted by molar-refractivity contribution is -0.385. The van der Waals surface area contributed by atoms with Crippen LogP contribution in [0.15, 0.2) is 58.2 Å². The van der Waals surface area contributed by atoms with Crippen molar-refractivity contribution in [2.45, 2.75) is 6.54 Å². The number of rotatable bonds is 7. The van der Waals surface area contributed by atoms with E-state index in [1.807, 2.05) is 0 Å². The van der Waals surface area contributed by atoms with Gasteiger partial charge >= 0.3 is 5.69 Å². The van der Waals surface area contributed by atoms with Crippen LogP contribution in [0.2, 0.25) is 0 Å². The van der Waals surface area contributed by atoms with Gasteiger partial charge in [0.15, 0.2) is 0 Å². The van der Waals surface area contributed by atoms with Crippen molar-refractivity contribution >= 4 is 39.4 Å². The van der Waals surface area contributed by atoms with Crippen molar-refractivity contribution in [2.24, 2.45) is 5.10 Å². The first-order valence-electron chi connectivity index (χ1n) is 8.51. The predicted octanol–water partition coefficient (Wildman–Crippen LogP) is 2.98. The third kappa shape index (κ3) is 5.27. The highest BCUT2D eigenvalue weighted by Crippen LogP contribution is 2.21. The van der Waals surface area contributed by atoms with Crippen LogP contribution in [0.4, 0.5) is 11.4 Å². The molecule has 2 aromatic carbocycles. The number of nitrogens with one attached hydrogen (secondary N) is 1. The number of hydrogen-bond acceptors (Lipinski definition) is 8. The molecule has 0 atom stereocenters. The first kappa shape index (κ1) is 21.6. The van der Waals surface area contributed by atoms with Crippen LogP contribution in [0, 0.1) is 20.2 Å². The molecule has 0 fully saturated rings. The van der Waals surface area contributed by atoms with E-state index in [4.69, 9.17) is 0 Å². The Balaban J connectivity index is 1.78. The molecule has 31 heavy (non-hydrogen) atoms. The fourth-order valence-electron chi connectivity index (χ4n) is 2.54. The highest BCUT2D eigenvalue weighted by atomic mass is 79.9. The van der Waals surface area contributed by atoms with Gasteiger partial charge in [-0.25, -0.2) is 5.43 Å². The fourth-order valence-corrected chi connectivity index (χ4v) is 2.80. The molecule has 1 heterocycles. The van der Waals surface area contributed by atoms with E-state index >= 15 is 0 Å². The molecule has 3 rings (SSSR count). The SMILES string of the molecule is O=C(NN=Cc1cc([N+](=O)[O-])ccc1O)c1nn(Cc2ccc(Br)cc2)cc1[N+](=O)[O-]. The Bertz CT molecular complexity index is 1190. The van der Waals surface area contributed by atoms with Crippen LogP contribution in [0.1, 0.15) is 21.6 Å². The molecule has 2 N–H and O–H groups in total. The molecule has 0 aliphatic carbocycles. The number of nitro groups is 2. The number of aromatic nitrogens is 2. The standard InChI is InChI=1S/C18H13BrN6O6/c19-13-3-1-11(2-4-13)9-23-10-15(25(30)31)17(22-23)18(27)21-20-8-12-7-14(24(28)29)5-6-16(12)26/h1-8,10,26H,9H2,(H,21,27). The van der Waals surface area contributed by atoms with Gasteiger partial charge in [-0.05, 0) is 23.8 Å². The number of carbonyl (C=O) groups excluding carboxylic acids is 1. The summed E-state index contributed by atoms with van der Waals surface area (Å²) in [5, 5.41) is 39.4. The zero-order chi connectivity index (χ0) is 22.5. The summed E-state index contributed by atoms with van der Waals surface area (Å²) in [5.41, 5.74) is 1.60. The summed E-state index contributed by atoms with van der Waals surface area (Å²) in [4.78, 5) is 33.1. The van der Waals surface area contributed by atoms with Crippen LogP contribution < -0.4 is 5.43 Å². The summed E-state index contributed by atoms with van der Waals surface area (Å²) in [6.07, 6.45) is 2.11. The van der Waals surface area contributed by atoms with Gasteiger partial charge in [0.05, 0.1) is 22.6 Å². The highest BCUT2D eigenvalue weighted by molar-refractivity contribution is 9.10. The van der Waals surface area contributed by atoms with Crippen LogP contribution in [0.5, 0.6) is 5.75 Å². The number of amides is 1. The van der Waals surface area contributed by atoms with Gasteiger partial charge in [0.1, 0.15) is 11.9 Å². The van der Waals surface area contributed by atoms with Crippen LogP contribution in [-0.4, -0.2) is 36.9 Å². The molecule has 12 nitrogen and oxygen atoms in total. The van der Waals surface area contributed by atoms with Crippen molar-refractivity contribution in [3.05, 3.63) is 90.2 Å². The van der Waals surface area contributed by atoms with Gasteiger partial charge < -0.3 is 5.11 Å². The second-order valence-electron chi connectivity index (χ2n) is 6.14. The number of hydrogen-bond donors (Lipinski definition) is 2. The Kier molecular flexibility index (Phi) is 6.35. The summed E-state index contributed by atoms with van der Waals surface area (Å²) in [6.45, 7) is 0.201. The number of hydrazone groups is 1. The number of carbonyl (C=O) groups is 1. The Morgan fingerprint density at radius 3 is 2.55 bits per heavy atom. The summed E-state index contributed by atoms with van der Waals surface area (Å²) in [6, 6.07) is 10.5. The minimum atomic E-state index is -0.956. The molecular formula is C18H13BrN6O6. The van der Waals surface area contributed by atoms with Crippen molar-refractivity contribution < 1.29 is 19.7 Å². The fraction of sp³-hybridized carbons (Fsp3) is 0.0556. The van der Waals surface area contributed by atoms with E-state index in [9.17, 15) is 30.1 Å². The Labute approximate surface area is 182 Å². The van der Waals surface area contributed by atoms with E-state index < -0.39 is 27.1 Å². The maximum atomic E-state index is 12.3. The molecule has 13 heteroatoms. The molecule has 0 saturated heterocycles.